The lowest BCUT2D eigenvalue weighted by molar-refractivity contribution is 0.131. The van der Waals surface area contributed by atoms with E-state index in [9.17, 15) is 0 Å². The van der Waals surface area contributed by atoms with E-state index in [-0.39, 0.29) is 0 Å². The van der Waals surface area contributed by atoms with Crippen molar-refractivity contribution >= 4 is 11.3 Å². The zero-order valence-corrected chi connectivity index (χ0v) is 9.69. The van der Waals surface area contributed by atoms with Gasteiger partial charge in [0.2, 0.25) is 0 Å². The maximum Gasteiger partial charge on any atom is 0.107 e. The van der Waals surface area contributed by atoms with Crippen molar-refractivity contribution in [3.8, 4) is 0 Å². The van der Waals surface area contributed by atoms with Gasteiger partial charge in [0.15, 0.2) is 0 Å². The van der Waals surface area contributed by atoms with Crippen LogP contribution in [-0.4, -0.2) is 18.1 Å². The third kappa shape index (κ3) is 4.17. The molecule has 1 heterocycles. The zero-order chi connectivity index (χ0) is 10.2. The number of aromatic nitrogens is 1. The van der Waals surface area contributed by atoms with Crippen molar-refractivity contribution in [2.45, 2.75) is 33.4 Å². The van der Waals surface area contributed by atoms with E-state index in [0.717, 1.165) is 36.8 Å². The Kier molecular flexibility index (Phi) is 5.75. The third-order valence-corrected chi connectivity index (χ3v) is 2.65. The fourth-order valence-corrected chi connectivity index (χ4v) is 1.82. The van der Waals surface area contributed by atoms with Crippen molar-refractivity contribution in [2.75, 3.05) is 13.2 Å². The Labute approximate surface area is 89.5 Å². The Hall–Kier alpha value is -0.450. The first-order valence-electron chi connectivity index (χ1n) is 5.08. The highest BCUT2D eigenvalue weighted by molar-refractivity contribution is 7.09. The quantitative estimate of drug-likeness (QED) is 0.706. The number of rotatable bonds is 7. The van der Waals surface area contributed by atoms with Gasteiger partial charge in [-0.15, -0.1) is 11.3 Å². The van der Waals surface area contributed by atoms with E-state index in [0.29, 0.717) is 6.61 Å². The lowest BCUT2D eigenvalue weighted by Crippen LogP contribution is -2.13. The van der Waals surface area contributed by atoms with Gasteiger partial charge in [-0.05, 0) is 19.9 Å². The second-order valence-electron chi connectivity index (χ2n) is 3.05. The van der Waals surface area contributed by atoms with Crippen LogP contribution in [0.15, 0.2) is 5.38 Å². The van der Waals surface area contributed by atoms with Crippen LogP contribution in [0, 0.1) is 0 Å². The van der Waals surface area contributed by atoms with Gasteiger partial charge in [-0.3, -0.25) is 0 Å². The summed E-state index contributed by atoms with van der Waals surface area (Å²) in [6.45, 7) is 7.48. The van der Waals surface area contributed by atoms with Crippen molar-refractivity contribution in [1.82, 2.24) is 10.3 Å². The van der Waals surface area contributed by atoms with E-state index >= 15 is 0 Å². The molecule has 0 saturated heterocycles. The standard InChI is InChI=1S/C10H18N2OS/c1-3-5-11-6-10-12-9(8-14-10)7-13-4-2/h8,11H,3-7H2,1-2H3. The summed E-state index contributed by atoms with van der Waals surface area (Å²) in [6.07, 6.45) is 1.16. The highest BCUT2D eigenvalue weighted by Gasteiger charge is 2.00. The van der Waals surface area contributed by atoms with Gasteiger partial charge in [-0.2, -0.15) is 0 Å². The predicted molar refractivity (Wildman–Crippen MR) is 59.4 cm³/mol. The smallest absolute Gasteiger partial charge is 0.107 e. The van der Waals surface area contributed by atoms with Crippen LogP contribution in [0.5, 0.6) is 0 Å². The number of ether oxygens (including phenoxy) is 1. The molecule has 14 heavy (non-hydrogen) atoms. The van der Waals surface area contributed by atoms with Crippen LogP contribution >= 0.6 is 11.3 Å². The minimum Gasteiger partial charge on any atom is -0.375 e. The number of hydrogen-bond donors (Lipinski definition) is 1. The largest absolute Gasteiger partial charge is 0.375 e. The maximum atomic E-state index is 5.28. The number of hydrogen-bond acceptors (Lipinski definition) is 4. The third-order valence-electron chi connectivity index (χ3n) is 1.76. The minimum atomic E-state index is 0.640. The number of nitrogens with one attached hydrogen (secondary N) is 1. The number of nitrogens with zero attached hydrogens (tertiary/aromatic N) is 1. The fraction of sp³-hybridized carbons (Fsp3) is 0.700. The van der Waals surface area contributed by atoms with Crippen LogP contribution < -0.4 is 5.32 Å². The van der Waals surface area contributed by atoms with Crippen LogP contribution in [0.2, 0.25) is 0 Å². The van der Waals surface area contributed by atoms with Crippen molar-refractivity contribution < 1.29 is 4.74 Å². The van der Waals surface area contributed by atoms with Gasteiger partial charge in [-0.25, -0.2) is 4.98 Å². The second-order valence-corrected chi connectivity index (χ2v) is 3.99. The van der Waals surface area contributed by atoms with Gasteiger partial charge >= 0.3 is 0 Å². The first-order chi connectivity index (χ1) is 6.86. The first-order valence-corrected chi connectivity index (χ1v) is 5.96. The molecule has 0 amide bonds. The van der Waals surface area contributed by atoms with E-state index in [2.05, 4.69) is 22.6 Å². The Balaban J connectivity index is 2.27. The molecule has 80 valence electrons. The van der Waals surface area contributed by atoms with Gasteiger partial charge in [0.25, 0.3) is 0 Å². The topological polar surface area (TPSA) is 34.2 Å². The average Bonchev–Trinajstić information content (AvgIpc) is 2.63. The van der Waals surface area contributed by atoms with Crippen LogP contribution in [0.25, 0.3) is 0 Å². The molecule has 0 saturated carbocycles. The molecular formula is C10H18N2OS. The molecule has 0 spiro atoms. The highest BCUT2D eigenvalue weighted by Crippen LogP contribution is 2.10. The lowest BCUT2D eigenvalue weighted by Gasteiger charge is -1.98. The molecule has 0 aromatic carbocycles. The monoisotopic (exact) mass is 214 g/mol. The summed E-state index contributed by atoms with van der Waals surface area (Å²) in [7, 11) is 0. The molecule has 0 aliphatic rings. The van der Waals surface area contributed by atoms with Crippen LogP contribution in [0.3, 0.4) is 0 Å². The van der Waals surface area contributed by atoms with E-state index in [1.54, 1.807) is 11.3 Å². The van der Waals surface area contributed by atoms with Gasteiger partial charge < -0.3 is 10.1 Å². The summed E-state index contributed by atoms with van der Waals surface area (Å²) < 4.78 is 5.28. The van der Waals surface area contributed by atoms with E-state index < -0.39 is 0 Å². The Bertz CT molecular complexity index is 250. The fourth-order valence-electron chi connectivity index (χ4n) is 1.08. The molecule has 0 bridgehead atoms. The summed E-state index contributed by atoms with van der Waals surface area (Å²) >= 11 is 1.70. The summed E-state index contributed by atoms with van der Waals surface area (Å²) in [5.41, 5.74) is 1.05. The molecule has 4 heteroatoms. The van der Waals surface area contributed by atoms with Gasteiger partial charge in [0.1, 0.15) is 5.01 Å². The van der Waals surface area contributed by atoms with Gasteiger partial charge in [0.05, 0.1) is 12.3 Å². The van der Waals surface area contributed by atoms with Crippen molar-refractivity contribution in [3.05, 3.63) is 16.1 Å². The first kappa shape index (κ1) is 11.6. The molecule has 0 aliphatic carbocycles. The molecule has 0 radical (unpaired) electrons. The molecule has 1 aromatic rings. The molecule has 3 nitrogen and oxygen atoms in total. The average molecular weight is 214 g/mol. The summed E-state index contributed by atoms with van der Waals surface area (Å²) in [6, 6.07) is 0. The molecule has 0 unspecified atom stereocenters. The highest BCUT2D eigenvalue weighted by atomic mass is 32.1. The van der Waals surface area contributed by atoms with Crippen molar-refractivity contribution in [2.24, 2.45) is 0 Å². The summed E-state index contributed by atoms with van der Waals surface area (Å²) in [4.78, 5) is 4.45. The molecule has 0 fully saturated rings. The second kappa shape index (κ2) is 6.92. The molecule has 1 N–H and O–H groups in total. The molecule has 0 atom stereocenters. The van der Waals surface area contributed by atoms with Crippen LogP contribution in [0.1, 0.15) is 31.0 Å². The van der Waals surface area contributed by atoms with Crippen LogP contribution in [-0.2, 0) is 17.9 Å². The Morgan fingerprint density at radius 2 is 2.36 bits per heavy atom. The molecule has 0 aliphatic heterocycles. The minimum absolute atomic E-state index is 0.640. The molecular weight excluding hydrogens is 196 g/mol. The lowest BCUT2D eigenvalue weighted by atomic mass is 10.5. The number of thiazole rings is 1. The van der Waals surface area contributed by atoms with Crippen molar-refractivity contribution in [3.63, 3.8) is 0 Å². The Morgan fingerprint density at radius 1 is 1.50 bits per heavy atom. The maximum absolute atomic E-state index is 5.28. The van der Waals surface area contributed by atoms with Crippen LogP contribution in [0.4, 0.5) is 0 Å². The van der Waals surface area contributed by atoms with E-state index in [1.165, 1.54) is 0 Å². The predicted octanol–water partition coefficient (Wildman–Crippen LogP) is 2.18. The summed E-state index contributed by atoms with van der Waals surface area (Å²) in [5.74, 6) is 0. The van der Waals surface area contributed by atoms with Gasteiger partial charge in [0, 0.05) is 18.5 Å². The van der Waals surface area contributed by atoms with Crippen molar-refractivity contribution in [1.29, 1.82) is 0 Å². The molecule has 1 aromatic heterocycles. The normalized spacial score (nSPS) is 10.7. The van der Waals surface area contributed by atoms with E-state index in [4.69, 9.17) is 4.74 Å². The molecule has 1 rings (SSSR count). The van der Waals surface area contributed by atoms with Gasteiger partial charge in [-0.1, -0.05) is 6.92 Å². The summed E-state index contributed by atoms with van der Waals surface area (Å²) in [5, 5.41) is 6.54. The zero-order valence-electron chi connectivity index (χ0n) is 8.88. The van der Waals surface area contributed by atoms with E-state index in [1.807, 2.05) is 6.92 Å². The SMILES string of the molecule is CCCNCc1nc(COCC)cs1. The Morgan fingerprint density at radius 3 is 3.07 bits per heavy atom.